The van der Waals surface area contributed by atoms with Crippen LogP contribution in [0.1, 0.15) is 22.9 Å². The maximum Gasteiger partial charge on any atom is 0.336 e. The quantitative estimate of drug-likeness (QED) is 0.469. The molecule has 0 aliphatic carbocycles. The minimum Gasteiger partial charge on any atom is -0.423 e. The van der Waals surface area contributed by atoms with Crippen molar-refractivity contribution in [2.45, 2.75) is 12.6 Å². The molecule has 0 saturated heterocycles. The van der Waals surface area contributed by atoms with Crippen LogP contribution in [0.3, 0.4) is 0 Å². The highest BCUT2D eigenvalue weighted by molar-refractivity contribution is 9.10. The largest absolute Gasteiger partial charge is 0.423 e. The van der Waals surface area contributed by atoms with Gasteiger partial charge in [-0.1, -0.05) is 52.3 Å². The second kappa shape index (κ2) is 7.86. The van der Waals surface area contributed by atoms with Crippen molar-refractivity contribution in [2.75, 3.05) is 0 Å². The monoisotopic (exact) mass is 420 g/mol. The number of aromatic nitrogens is 1. The molecule has 134 valence electrons. The van der Waals surface area contributed by atoms with Crippen LogP contribution in [0.2, 0.25) is 0 Å². The van der Waals surface area contributed by atoms with Crippen molar-refractivity contribution in [3.05, 3.63) is 111 Å². The molecule has 0 spiro atoms. The highest BCUT2D eigenvalue weighted by atomic mass is 79.9. The molecule has 1 atom stereocenters. The lowest BCUT2D eigenvalue weighted by Gasteiger charge is -2.19. The van der Waals surface area contributed by atoms with Gasteiger partial charge in [-0.25, -0.2) is 4.79 Å². The third-order valence-corrected chi connectivity index (χ3v) is 4.90. The molecule has 5 heteroatoms. The summed E-state index contributed by atoms with van der Waals surface area (Å²) in [5.74, 6) is 0. The van der Waals surface area contributed by atoms with Gasteiger partial charge in [0.05, 0.1) is 11.7 Å². The average molecular weight is 421 g/mol. The first kappa shape index (κ1) is 17.6. The van der Waals surface area contributed by atoms with Crippen molar-refractivity contribution in [2.24, 2.45) is 0 Å². The van der Waals surface area contributed by atoms with Crippen LogP contribution in [0.25, 0.3) is 11.0 Å². The van der Waals surface area contributed by atoms with Crippen molar-refractivity contribution in [3.8, 4) is 0 Å². The molecule has 2 aromatic heterocycles. The van der Waals surface area contributed by atoms with E-state index in [9.17, 15) is 4.79 Å². The summed E-state index contributed by atoms with van der Waals surface area (Å²) in [5, 5.41) is 4.46. The van der Waals surface area contributed by atoms with E-state index >= 15 is 0 Å². The van der Waals surface area contributed by atoms with E-state index in [0.717, 1.165) is 26.7 Å². The fourth-order valence-corrected chi connectivity index (χ4v) is 3.49. The first-order valence-corrected chi connectivity index (χ1v) is 9.41. The molecule has 0 aliphatic heterocycles. The molecule has 0 amide bonds. The summed E-state index contributed by atoms with van der Waals surface area (Å²) in [6, 6.07) is 23.2. The molecule has 0 bridgehead atoms. The zero-order chi connectivity index (χ0) is 18.6. The summed E-state index contributed by atoms with van der Waals surface area (Å²) in [6.45, 7) is 0.514. The van der Waals surface area contributed by atoms with Crippen molar-refractivity contribution < 1.29 is 4.42 Å². The Labute approximate surface area is 165 Å². The molecule has 1 N–H and O–H groups in total. The molecule has 0 saturated carbocycles. The topological polar surface area (TPSA) is 55.1 Å². The zero-order valence-electron chi connectivity index (χ0n) is 14.4. The Kier molecular flexibility index (Phi) is 5.14. The number of rotatable bonds is 5. The van der Waals surface area contributed by atoms with E-state index in [4.69, 9.17) is 4.42 Å². The lowest BCUT2D eigenvalue weighted by Crippen LogP contribution is -2.23. The SMILES string of the molecule is O=c1cc(CNC(c2ccccc2)c2ccccn2)c2ccc(Br)cc2o1. The van der Waals surface area contributed by atoms with E-state index in [0.29, 0.717) is 12.1 Å². The molecule has 2 aromatic carbocycles. The summed E-state index contributed by atoms with van der Waals surface area (Å²) in [7, 11) is 0. The van der Waals surface area contributed by atoms with Crippen LogP contribution in [0, 0.1) is 0 Å². The summed E-state index contributed by atoms with van der Waals surface area (Å²) in [5.41, 5.74) is 3.16. The number of benzene rings is 2. The van der Waals surface area contributed by atoms with Gasteiger partial charge in [-0.3, -0.25) is 4.98 Å². The fourth-order valence-electron chi connectivity index (χ4n) is 3.15. The maximum absolute atomic E-state index is 12.0. The van der Waals surface area contributed by atoms with Gasteiger partial charge in [-0.15, -0.1) is 0 Å². The Morgan fingerprint density at radius 2 is 1.81 bits per heavy atom. The highest BCUT2D eigenvalue weighted by Crippen LogP contribution is 2.24. The fraction of sp³-hybridized carbons (Fsp3) is 0.0909. The van der Waals surface area contributed by atoms with Gasteiger partial charge < -0.3 is 9.73 Å². The second-order valence-electron chi connectivity index (χ2n) is 6.21. The van der Waals surface area contributed by atoms with Crippen LogP contribution in [-0.4, -0.2) is 4.98 Å². The Bertz CT molecular complexity index is 1070. The number of nitrogens with one attached hydrogen (secondary N) is 1. The van der Waals surface area contributed by atoms with Crippen LogP contribution in [0.15, 0.2) is 92.7 Å². The Morgan fingerprint density at radius 1 is 1.00 bits per heavy atom. The predicted octanol–water partition coefficient (Wildman–Crippen LogP) is 4.83. The number of fused-ring (bicyclic) bond motifs is 1. The van der Waals surface area contributed by atoms with Gasteiger partial charge in [0, 0.05) is 28.7 Å². The molecule has 0 radical (unpaired) electrons. The molecule has 4 aromatic rings. The number of halogens is 1. The molecular weight excluding hydrogens is 404 g/mol. The van der Waals surface area contributed by atoms with Gasteiger partial charge in [0.2, 0.25) is 0 Å². The third-order valence-electron chi connectivity index (χ3n) is 4.41. The molecule has 2 heterocycles. The Balaban J connectivity index is 1.69. The van der Waals surface area contributed by atoms with Gasteiger partial charge in [0.25, 0.3) is 0 Å². The van der Waals surface area contributed by atoms with Gasteiger partial charge in [0.1, 0.15) is 5.58 Å². The van der Waals surface area contributed by atoms with Crippen LogP contribution >= 0.6 is 15.9 Å². The molecule has 4 nitrogen and oxygen atoms in total. The Morgan fingerprint density at radius 3 is 2.59 bits per heavy atom. The number of hydrogen-bond acceptors (Lipinski definition) is 4. The van der Waals surface area contributed by atoms with Gasteiger partial charge in [-0.05, 0) is 41.5 Å². The van der Waals surface area contributed by atoms with E-state index in [1.807, 2.05) is 54.6 Å². The highest BCUT2D eigenvalue weighted by Gasteiger charge is 2.15. The van der Waals surface area contributed by atoms with Crippen molar-refractivity contribution in [1.82, 2.24) is 10.3 Å². The number of hydrogen-bond donors (Lipinski definition) is 1. The zero-order valence-corrected chi connectivity index (χ0v) is 16.0. The van der Waals surface area contributed by atoms with E-state index < -0.39 is 0 Å². The van der Waals surface area contributed by atoms with Gasteiger partial charge >= 0.3 is 5.63 Å². The standard InChI is InChI=1S/C22H17BrN2O2/c23-17-9-10-18-16(12-21(26)27-20(18)13-17)14-25-22(15-6-2-1-3-7-15)19-8-4-5-11-24-19/h1-13,22,25H,14H2. The lowest BCUT2D eigenvalue weighted by atomic mass is 10.0. The average Bonchev–Trinajstić information content (AvgIpc) is 2.69. The summed E-state index contributed by atoms with van der Waals surface area (Å²) < 4.78 is 6.21. The molecule has 0 aliphatic rings. The van der Waals surface area contributed by atoms with Crippen LogP contribution in [0.5, 0.6) is 0 Å². The molecule has 27 heavy (non-hydrogen) atoms. The molecule has 1 unspecified atom stereocenters. The maximum atomic E-state index is 12.0. The lowest BCUT2D eigenvalue weighted by molar-refractivity contribution is 0.551. The van der Waals surface area contributed by atoms with Gasteiger partial charge in [0.15, 0.2) is 0 Å². The Hall–Kier alpha value is -2.76. The predicted molar refractivity (Wildman–Crippen MR) is 110 cm³/mol. The van der Waals surface area contributed by atoms with Crippen LogP contribution in [0.4, 0.5) is 0 Å². The summed E-state index contributed by atoms with van der Waals surface area (Å²) in [4.78, 5) is 16.5. The summed E-state index contributed by atoms with van der Waals surface area (Å²) in [6.07, 6.45) is 1.79. The van der Waals surface area contributed by atoms with Crippen molar-refractivity contribution in [1.29, 1.82) is 0 Å². The molecule has 0 fully saturated rings. The van der Waals surface area contributed by atoms with Crippen LogP contribution in [-0.2, 0) is 6.54 Å². The van der Waals surface area contributed by atoms with E-state index in [1.54, 1.807) is 12.3 Å². The molecular formula is C22H17BrN2O2. The molecule has 4 rings (SSSR count). The minimum atomic E-state index is -0.355. The van der Waals surface area contributed by atoms with E-state index in [1.165, 1.54) is 0 Å². The van der Waals surface area contributed by atoms with Gasteiger partial charge in [-0.2, -0.15) is 0 Å². The van der Waals surface area contributed by atoms with Crippen molar-refractivity contribution in [3.63, 3.8) is 0 Å². The van der Waals surface area contributed by atoms with Crippen molar-refractivity contribution >= 4 is 26.9 Å². The number of pyridine rings is 1. The second-order valence-corrected chi connectivity index (χ2v) is 7.13. The first-order valence-electron chi connectivity index (χ1n) is 8.62. The summed E-state index contributed by atoms with van der Waals surface area (Å²) >= 11 is 3.42. The number of nitrogens with zero attached hydrogens (tertiary/aromatic N) is 1. The van der Waals surface area contributed by atoms with E-state index in [-0.39, 0.29) is 11.7 Å². The smallest absolute Gasteiger partial charge is 0.336 e. The third kappa shape index (κ3) is 3.99. The normalized spacial score (nSPS) is 12.2. The van der Waals surface area contributed by atoms with E-state index in [2.05, 4.69) is 38.4 Å². The van der Waals surface area contributed by atoms with Crippen LogP contribution < -0.4 is 10.9 Å². The first-order chi connectivity index (χ1) is 13.2. The minimum absolute atomic E-state index is 0.0786.